The number of aryl methyl sites for hydroxylation is 2. The fraction of sp³-hybridized carbons (Fsp3) is 0.786. The maximum absolute atomic E-state index is 6.59. The highest BCUT2D eigenvalue weighted by molar-refractivity contribution is 4.99. The topological polar surface area (TPSA) is 43.8 Å². The fourth-order valence-corrected chi connectivity index (χ4v) is 3.07. The molecule has 0 saturated heterocycles. The predicted molar refractivity (Wildman–Crippen MR) is 70.6 cm³/mol. The number of rotatable bonds is 3. The molecular formula is C14H25N3. The number of hydrogen-bond donors (Lipinski definition) is 1. The van der Waals surface area contributed by atoms with Crippen LogP contribution in [0, 0.1) is 11.8 Å². The highest BCUT2D eigenvalue weighted by Gasteiger charge is 2.36. The van der Waals surface area contributed by atoms with Gasteiger partial charge >= 0.3 is 0 Å². The van der Waals surface area contributed by atoms with E-state index < -0.39 is 0 Å². The van der Waals surface area contributed by atoms with Crippen LogP contribution in [0.5, 0.6) is 0 Å². The monoisotopic (exact) mass is 235 g/mol. The van der Waals surface area contributed by atoms with Gasteiger partial charge in [-0.25, -0.2) is 4.98 Å². The van der Waals surface area contributed by atoms with Crippen LogP contribution in [0.15, 0.2) is 12.4 Å². The largest absolute Gasteiger partial charge is 0.338 e. The molecule has 0 aliphatic heterocycles. The molecule has 2 N–H and O–H groups in total. The van der Waals surface area contributed by atoms with Crippen molar-refractivity contribution in [3.05, 3.63) is 18.2 Å². The summed E-state index contributed by atoms with van der Waals surface area (Å²) in [5, 5.41) is 0. The third-order valence-electron chi connectivity index (χ3n) is 4.57. The Morgan fingerprint density at radius 1 is 1.53 bits per heavy atom. The lowest BCUT2D eigenvalue weighted by Crippen LogP contribution is -2.49. The van der Waals surface area contributed by atoms with Gasteiger partial charge in [0.1, 0.15) is 5.82 Å². The number of aromatic nitrogens is 2. The molecule has 0 bridgehead atoms. The molecule has 1 heterocycles. The molecule has 0 radical (unpaired) electrons. The minimum absolute atomic E-state index is 0.0263. The van der Waals surface area contributed by atoms with Crippen molar-refractivity contribution < 1.29 is 0 Å². The third-order valence-corrected chi connectivity index (χ3v) is 4.57. The molecule has 2 rings (SSSR count). The second kappa shape index (κ2) is 4.81. The van der Waals surface area contributed by atoms with Gasteiger partial charge in [0.05, 0.1) is 0 Å². The van der Waals surface area contributed by atoms with Gasteiger partial charge in [-0.3, -0.25) is 0 Å². The average molecular weight is 235 g/mol. The molecule has 1 fully saturated rings. The van der Waals surface area contributed by atoms with Crippen LogP contribution < -0.4 is 5.73 Å². The van der Waals surface area contributed by atoms with E-state index in [0.29, 0.717) is 5.92 Å². The Labute approximate surface area is 104 Å². The molecule has 1 aliphatic carbocycles. The van der Waals surface area contributed by atoms with E-state index in [-0.39, 0.29) is 5.54 Å². The third kappa shape index (κ3) is 2.71. The molecule has 1 aromatic heterocycles. The summed E-state index contributed by atoms with van der Waals surface area (Å²) >= 11 is 0. The Kier molecular flexibility index (Phi) is 3.57. The van der Waals surface area contributed by atoms with Crippen LogP contribution >= 0.6 is 0 Å². The van der Waals surface area contributed by atoms with E-state index in [9.17, 15) is 0 Å². The summed E-state index contributed by atoms with van der Waals surface area (Å²) in [6, 6.07) is 0. The predicted octanol–water partition coefficient (Wildman–Crippen LogP) is 2.51. The molecule has 1 saturated carbocycles. The van der Waals surface area contributed by atoms with Crippen molar-refractivity contribution in [2.75, 3.05) is 0 Å². The van der Waals surface area contributed by atoms with Gasteiger partial charge in [-0.2, -0.15) is 0 Å². The van der Waals surface area contributed by atoms with Crippen molar-refractivity contribution >= 4 is 0 Å². The van der Waals surface area contributed by atoms with E-state index in [4.69, 9.17) is 5.73 Å². The zero-order chi connectivity index (χ0) is 12.5. The molecule has 3 nitrogen and oxygen atoms in total. The number of hydrogen-bond acceptors (Lipinski definition) is 2. The van der Waals surface area contributed by atoms with Gasteiger partial charge in [0.25, 0.3) is 0 Å². The molecular weight excluding hydrogens is 210 g/mol. The maximum Gasteiger partial charge on any atom is 0.108 e. The van der Waals surface area contributed by atoms with Crippen molar-refractivity contribution in [3.8, 4) is 0 Å². The smallest absolute Gasteiger partial charge is 0.108 e. The number of nitrogens with two attached hydrogens (primary N) is 1. The van der Waals surface area contributed by atoms with E-state index in [0.717, 1.165) is 24.6 Å². The van der Waals surface area contributed by atoms with Crippen LogP contribution in [0.3, 0.4) is 0 Å². The lowest BCUT2D eigenvalue weighted by atomic mass is 9.68. The van der Waals surface area contributed by atoms with Crippen molar-refractivity contribution in [1.29, 1.82) is 0 Å². The van der Waals surface area contributed by atoms with Gasteiger partial charge in [0.2, 0.25) is 0 Å². The first kappa shape index (κ1) is 12.6. The lowest BCUT2D eigenvalue weighted by molar-refractivity contribution is 0.153. The number of imidazole rings is 1. The molecule has 17 heavy (non-hydrogen) atoms. The van der Waals surface area contributed by atoms with Gasteiger partial charge in [0, 0.05) is 31.4 Å². The zero-order valence-corrected chi connectivity index (χ0v) is 11.3. The SMILES string of the molecule is CC1CCC(N)(CCc2nccn2C)C(C)C1. The van der Waals surface area contributed by atoms with Crippen LogP contribution in [0.25, 0.3) is 0 Å². The van der Waals surface area contributed by atoms with E-state index in [2.05, 4.69) is 30.4 Å². The molecule has 3 unspecified atom stereocenters. The van der Waals surface area contributed by atoms with Crippen LogP contribution in [-0.2, 0) is 13.5 Å². The Morgan fingerprint density at radius 2 is 2.29 bits per heavy atom. The minimum Gasteiger partial charge on any atom is -0.338 e. The van der Waals surface area contributed by atoms with E-state index in [1.54, 1.807) is 0 Å². The summed E-state index contributed by atoms with van der Waals surface area (Å²) in [7, 11) is 2.05. The van der Waals surface area contributed by atoms with Crippen molar-refractivity contribution in [2.45, 2.75) is 51.5 Å². The zero-order valence-electron chi connectivity index (χ0n) is 11.3. The molecule has 0 aromatic carbocycles. The first-order valence-corrected chi connectivity index (χ1v) is 6.76. The molecule has 0 amide bonds. The van der Waals surface area contributed by atoms with Crippen LogP contribution in [0.4, 0.5) is 0 Å². The summed E-state index contributed by atoms with van der Waals surface area (Å²) in [5.41, 5.74) is 6.62. The van der Waals surface area contributed by atoms with Gasteiger partial charge in [-0.15, -0.1) is 0 Å². The summed E-state index contributed by atoms with van der Waals surface area (Å²) in [5.74, 6) is 2.63. The molecule has 0 spiro atoms. The van der Waals surface area contributed by atoms with E-state index in [1.165, 1.54) is 19.3 Å². The normalized spacial score (nSPS) is 33.9. The highest BCUT2D eigenvalue weighted by Crippen LogP contribution is 2.37. The Bertz CT molecular complexity index is 371. The molecule has 3 heteroatoms. The summed E-state index contributed by atoms with van der Waals surface area (Å²) in [4.78, 5) is 4.38. The first-order chi connectivity index (χ1) is 8.01. The second-order valence-corrected chi connectivity index (χ2v) is 5.97. The summed E-state index contributed by atoms with van der Waals surface area (Å²) in [6.07, 6.45) is 9.65. The lowest BCUT2D eigenvalue weighted by Gasteiger charge is -2.42. The number of nitrogens with zero attached hydrogens (tertiary/aromatic N) is 2. The summed E-state index contributed by atoms with van der Waals surface area (Å²) < 4.78 is 2.10. The Morgan fingerprint density at radius 3 is 2.88 bits per heavy atom. The van der Waals surface area contributed by atoms with Crippen LogP contribution in [0.2, 0.25) is 0 Å². The molecule has 1 aliphatic rings. The molecule has 96 valence electrons. The Hall–Kier alpha value is -0.830. The van der Waals surface area contributed by atoms with Crippen molar-refractivity contribution in [2.24, 2.45) is 24.6 Å². The molecule has 3 atom stereocenters. The van der Waals surface area contributed by atoms with Crippen molar-refractivity contribution in [1.82, 2.24) is 9.55 Å². The van der Waals surface area contributed by atoms with Crippen molar-refractivity contribution in [3.63, 3.8) is 0 Å². The van der Waals surface area contributed by atoms with Crippen LogP contribution in [-0.4, -0.2) is 15.1 Å². The minimum atomic E-state index is 0.0263. The van der Waals surface area contributed by atoms with Gasteiger partial charge in [-0.1, -0.05) is 13.8 Å². The standard InChI is InChI=1S/C14H25N3/c1-11-4-6-14(15,12(2)10-11)7-5-13-16-8-9-17(13)3/h8-9,11-12H,4-7,10,15H2,1-3H3. The fourth-order valence-electron chi connectivity index (χ4n) is 3.07. The highest BCUT2D eigenvalue weighted by atomic mass is 15.0. The second-order valence-electron chi connectivity index (χ2n) is 5.97. The van der Waals surface area contributed by atoms with Gasteiger partial charge in [0.15, 0.2) is 0 Å². The Balaban J connectivity index is 1.96. The van der Waals surface area contributed by atoms with Gasteiger partial charge < -0.3 is 10.3 Å². The maximum atomic E-state index is 6.59. The molecule has 1 aromatic rings. The summed E-state index contributed by atoms with van der Waals surface area (Å²) in [6.45, 7) is 4.66. The van der Waals surface area contributed by atoms with E-state index >= 15 is 0 Å². The average Bonchev–Trinajstić information content (AvgIpc) is 2.68. The van der Waals surface area contributed by atoms with E-state index in [1.807, 2.05) is 12.4 Å². The van der Waals surface area contributed by atoms with Crippen LogP contribution in [0.1, 0.15) is 45.4 Å². The van der Waals surface area contributed by atoms with Gasteiger partial charge in [-0.05, 0) is 37.5 Å². The first-order valence-electron chi connectivity index (χ1n) is 6.76. The quantitative estimate of drug-likeness (QED) is 0.875.